The molecule has 0 unspecified atom stereocenters. The smallest absolute Gasteiger partial charge is 0.270 e. The molecule has 0 aliphatic carbocycles. The number of piperidine rings is 1. The Bertz CT molecular complexity index is 1420. The third kappa shape index (κ3) is 3.12. The number of oxazole rings is 1. The average Bonchev–Trinajstić information content (AvgIpc) is 3.19. The van der Waals surface area contributed by atoms with Gasteiger partial charge in [0.2, 0.25) is 0 Å². The van der Waals surface area contributed by atoms with Gasteiger partial charge in [0.05, 0.1) is 11.2 Å². The number of aryl methyl sites for hydroxylation is 2. The molecule has 0 amide bonds. The molecule has 1 aliphatic heterocycles. The first kappa shape index (κ1) is 19.2. The van der Waals surface area contributed by atoms with Gasteiger partial charge in [0.15, 0.2) is 11.5 Å². The summed E-state index contributed by atoms with van der Waals surface area (Å²) in [4.78, 5) is 19.6. The number of phenols is 1. The molecular weight excluding hydrogens is 392 g/mol. The van der Waals surface area contributed by atoms with Crippen LogP contribution in [0.4, 0.5) is 5.69 Å². The number of hydrogen-bond acceptors (Lipinski definition) is 6. The minimum absolute atomic E-state index is 0.0862. The summed E-state index contributed by atoms with van der Waals surface area (Å²) in [7, 11) is 1.62. The van der Waals surface area contributed by atoms with Gasteiger partial charge in [-0.25, -0.2) is 4.98 Å². The van der Waals surface area contributed by atoms with E-state index >= 15 is 0 Å². The molecule has 31 heavy (non-hydrogen) atoms. The van der Waals surface area contributed by atoms with E-state index in [1.165, 1.54) is 4.57 Å². The summed E-state index contributed by atoms with van der Waals surface area (Å²) in [6.45, 7) is 3.40. The SMILES string of the molecule is Cc1ccc2oc(C3CCN(c4c(C#N)c(=O)n(C)c5cc(O)ccc45)CC3)nc2c1. The topological polar surface area (TPSA) is 95.3 Å². The molecule has 1 aliphatic rings. The van der Waals surface area contributed by atoms with Gasteiger partial charge in [-0.2, -0.15) is 5.26 Å². The van der Waals surface area contributed by atoms with E-state index in [4.69, 9.17) is 9.40 Å². The molecule has 0 saturated carbocycles. The molecule has 0 radical (unpaired) electrons. The molecule has 1 saturated heterocycles. The van der Waals surface area contributed by atoms with Gasteiger partial charge in [0.1, 0.15) is 22.9 Å². The van der Waals surface area contributed by atoms with Crippen LogP contribution in [0.15, 0.2) is 45.6 Å². The maximum absolute atomic E-state index is 12.8. The van der Waals surface area contributed by atoms with E-state index in [2.05, 4.69) is 11.0 Å². The van der Waals surface area contributed by atoms with Crippen molar-refractivity contribution < 1.29 is 9.52 Å². The third-order valence-electron chi connectivity index (χ3n) is 6.18. The average molecular weight is 414 g/mol. The summed E-state index contributed by atoms with van der Waals surface area (Å²) >= 11 is 0. The Balaban J connectivity index is 1.49. The predicted octanol–water partition coefficient (Wildman–Crippen LogP) is 3.95. The van der Waals surface area contributed by atoms with Crippen molar-refractivity contribution in [3.63, 3.8) is 0 Å². The highest BCUT2D eigenvalue weighted by Gasteiger charge is 2.28. The lowest BCUT2D eigenvalue weighted by Crippen LogP contribution is -2.35. The number of phenolic OH excluding ortho intramolecular Hbond substituents is 1. The number of aromatic hydroxyl groups is 1. The largest absolute Gasteiger partial charge is 0.508 e. The molecule has 0 spiro atoms. The number of benzene rings is 2. The second-order valence-electron chi connectivity index (χ2n) is 8.19. The van der Waals surface area contributed by atoms with Gasteiger partial charge in [-0.15, -0.1) is 0 Å². The van der Waals surface area contributed by atoms with Crippen LogP contribution in [0.5, 0.6) is 5.75 Å². The minimum atomic E-state index is -0.355. The van der Waals surface area contributed by atoms with Crippen LogP contribution < -0.4 is 10.5 Å². The molecular formula is C24H22N4O3. The van der Waals surface area contributed by atoms with Crippen LogP contribution in [-0.2, 0) is 7.05 Å². The number of rotatable bonds is 2. The van der Waals surface area contributed by atoms with Crippen molar-refractivity contribution in [2.45, 2.75) is 25.7 Å². The van der Waals surface area contributed by atoms with Gasteiger partial charge in [-0.05, 0) is 49.6 Å². The van der Waals surface area contributed by atoms with E-state index in [-0.39, 0.29) is 22.8 Å². The highest BCUT2D eigenvalue weighted by Crippen LogP contribution is 2.36. The van der Waals surface area contributed by atoms with Gasteiger partial charge in [-0.3, -0.25) is 4.79 Å². The Kier molecular flexibility index (Phi) is 4.44. The fraction of sp³-hybridized carbons (Fsp3) is 0.292. The van der Waals surface area contributed by atoms with Crippen LogP contribution in [0.3, 0.4) is 0 Å². The van der Waals surface area contributed by atoms with E-state index in [9.17, 15) is 15.2 Å². The quantitative estimate of drug-likeness (QED) is 0.534. The van der Waals surface area contributed by atoms with Crippen molar-refractivity contribution in [2.24, 2.45) is 7.05 Å². The Hall–Kier alpha value is -3.79. The predicted molar refractivity (Wildman–Crippen MR) is 119 cm³/mol. The molecule has 156 valence electrons. The number of pyridine rings is 1. The van der Waals surface area contributed by atoms with Crippen LogP contribution in [0.25, 0.3) is 22.0 Å². The lowest BCUT2D eigenvalue weighted by Gasteiger charge is -2.33. The first-order valence-electron chi connectivity index (χ1n) is 10.3. The molecule has 2 aromatic carbocycles. The van der Waals surface area contributed by atoms with Crippen LogP contribution in [0.2, 0.25) is 0 Å². The number of aromatic nitrogens is 2. The number of anilines is 1. The molecule has 4 aromatic rings. The third-order valence-corrected chi connectivity index (χ3v) is 6.18. The summed E-state index contributed by atoms with van der Waals surface area (Å²) < 4.78 is 7.42. The van der Waals surface area contributed by atoms with Gasteiger partial charge < -0.3 is 19.0 Å². The summed E-state index contributed by atoms with van der Waals surface area (Å²) in [5.74, 6) is 1.03. The fourth-order valence-corrected chi connectivity index (χ4v) is 4.52. The molecule has 0 atom stereocenters. The summed E-state index contributed by atoms with van der Waals surface area (Å²) in [6.07, 6.45) is 1.62. The molecule has 1 fully saturated rings. The molecule has 1 N–H and O–H groups in total. The normalized spacial score (nSPS) is 14.9. The Morgan fingerprint density at radius 2 is 1.97 bits per heavy atom. The number of hydrogen-bond donors (Lipinski definition) is 1. The van der Waals surface area contributed by atoms with Crippen molar-refractivity contribution in [1.82, 2.24) is 9.55 Å². The van der Waals surface area contributed by atoms with Gasteiger partial charge in [0.25, 0.3) is 5.56 Å². The zero-order chi connectivity index (χ0) is 21.7. The van der Waals surface area contributed by atoms with E-state index < -0.39 is 0 Å². The van der Waals surface area contributed by atoms with E-state index in [0.29, 0.717) is 24.3 Å². The number of nitrogens with zero attached hydrogens (tertiary/aromatic N) is 4. The molecule has 3 heterocycles. The molecule has 7 nitrogen and oxygen atoms in total. The molecule has 2 aromatic heterocycles. The molecule has 0 bridgehead atoms. The standard InChI is InChI=1S/C24H22N4O3/c1-14-3-6-21-19(11-14)26-23(31-21)15-7-9-28(10-8-15)22-17-5-4-16(29)12-20(17)27(2)24(30)18(22)13-25/h3-6,11-12,15,29H,7-10H2,1-2H3. The minimum Gasteiger partial charge on any atom is -0.508 e. The van der Waals surface area contributed by atoms with E-state index in [1.54, 1.807) is 25.2 Å². The fourth-order valence-electron chi connectivity index (χ4n) is 4.52. The van der Waals surface area contributed by atoms with E-state index in [0.717, 1.165) is 40.8 Å². The zero-order valence-corrected chi connectivity index (χ0v) is 17.4. The van der Waals surface area contributed by atoms with Gasteiger partial charge in [-0.1, -0.05) is 6.07 Å². The van der Waals surface area contributed by atoms with Crippen LogP contribution in [0.1, 0.15) is 35.8 Å². The van der Waals surface area contributed by atoms with E-state index in [1.807, 2.05) is 25.1 Å². The van der Waals surface area contributed by atoms with Crippen molar-refractivity contribution in [1.29, 1.82) is 5.26 Å². The Morgan fingerprint density at radius 1 is 1.19 bits per heavy atom. The summed E-state index contributed by atoms with van der Waals surface area (Å²) in [5, 5.41) is 20.4. The van der Waals surface area contributed by atoms with Crippen LogP contribution in [0, 0.1) is 18.3 Å². The van der Waals surface area contributed by atoms with Crippen molar-refractivity contribution in [3.8, 4) is 11.8 Å². The first-order chi connectivity index (χ1) is 15.0. The van der Waals surface area contributed by atoms with Crippen molar-refractivity contribution >= 4 is 27.7 Å². The lowest BCUT2D eigenvalue weighted by atomic mass is 9.95. The van der Waals surface area contributed by atoms with Crippen molar-refractivity contribution in [2.75, 3.05) is 18.0 Å². The number of fused-ring (bicyclic) bond motifs is 2. The molecule has 7 heteroatoms. The zero-order valence-electron chi connectivity index (χ0n) is 17.4. The first-order valence-corrected chi connectivity index (χ1v) is 10.3. The van der Waals surface area contributed by atoms with Gasteiger partial charge in [0, 0.05) is 37.5 Å². The van der Waals surface area contributed by atoms with Crippen LogP contribution >= 0.6 is 0 Å². The second-order valence-corrected chi connectivity index (χ2v) is 8.19. The highest BCUT2D eigenvalue weighted by atomic mass is 16.3. The lowest BCUT2D eigenvalue weighted by molar-refractivity contribution is 0.407. The van der Waals surface area contributed by atoms with Crippen LogP contribution in [-0.4, -0.2) is 27.7 Å². The van der Waals surface area contributed by atoms with Gasteiger partial charge >= 0.3 is 0 Å². The summed E-state index contributed by atoms with van der Waals surface area (Å²) in [6, 6.07) is 13.0. The van der Waals surface area contributed by atoms with Crippen molar-refractivity contribution in [3.05, 3.63) is 63.8 Å². The maximum Gasteiger partial charge on any atom is 0.270 e. The monoisotopic (exact) mass is 414 g/mol. The number of nitriles is 1. The second kappa shape index (κ2) is 7.17. The Labute approximate surface area is 178 Å². The maximum atomic E-state index is 12.8. The Morgan fingerprint density at radius 3 is 2.71 bits per heavy atom. The molecule has 5 rings (SSSR count). The summed E-state index contributed by atoms with van der Waals surface area (Å²) in [5.41, 5.74) is 3.86. The highest BCUT2D eigenvalue weighted by molar-refractivity contribution is 5.95.